The van der Waals surface area contributed by atoms with Crippen molar-refractivity contribution in [1.82, 2.24) is 9.80 Å². The van der Waals surface area contributed by atoms with Crippen LogP contribution in [0.2, 0.25) is 0 Å². The summed E-state index contributed by atoms with van der Waals surface area (Å²) in [6.07, 6.45) is -0.179. The summed E-state index contributed by atoms with van der Waals surface area (Å²) < 4.78 is 4.82. The Morgan fingerprint density at radius 2 is 2.17 bits per heavy atom. The molecule has 1 fully saturated rings. The number of amides is 1. The molecule has 0 atom stereocenters. The van der Waals surface area contributed by atoms with Gasteiger partial charge in [0.15, 0.2) is 0 Å². The number of rotatable bonds is 4. The highest BCUT2D eigenvalue weighted by molar-refractivity contribution is 5.69. The lowest BCUT2D eigenvalue weighted by molar-refractivity contribution is 0.134. The topological polar surface area (TPSA) is 32.8 Å². The van der Waals surface area contributed by atoms with Gasteiger partial charge >= 0.3 is 6.09 Å². The number of nitrogens with zero attached hydrogens (tertiary/aromatic N) is 2. The van der Waals surface area contributed by atoms with Crippen molar-refractivity contribution in [2.24, 2.45) is 0 Å². The van der Waals surface area contributed by atoms with Crippen molar-refractivity contribution in [2.45, 2.75) is 13.8 Å². The highest BCUT2D eigenvalue weighted by atomic mass is 16.6. The molecule has 1 aliphatic heterocycles. The van der Waals surface area contributed by atoms with Crippen LogP contribution in [0.1, 0.15) is 13.8 Å². The molecule has 0 aliphatic carbocycles. The molecule has 1 heterocycles. The number of cyclic esters (lactones) is 1. The molecule has 1 saturated heterocycles. The van der Waals surface area contributed by atoms with Crippen LogP contribution in [0.5, 0.6) is 0 Å². The summed E-state index contributed by atoms with van der Waals surface area (Å²) in [7, 11) is 0. The van der Waals surface area contributed by atoms with Crippen molar-refractivity contribution in [1.29, 1.82) is 0 Å². The molecule has 70 valence electrons. The fraction of sp³-hybridized carbons (Fsp3) is 0.875. The average Bonchev–Trinajstić information content (AvgIpc) is 2.47. The molecule has 1 amide bonds. The van der Waals surface area contributed by atoms with E-state index in [1.165, 1.54) is 0 Å². The standard InChI is InChI=1S/C8H16N2O2/c1-3-9(4-2)7-10-5-6-12-8(10)11/h3-7H2,1-2H3. The van der Waals surface area contributed by atoms with Crippen molar-refractivity contribution in [3.05, 3.63) is 0 Å². The normalized spacial score (nSPS) is 17.2. The van der Waals surface area contributed by atoms with E-state index in [0.29, 0.717) is 13.3 Å². The maximum Gasteiger partial charge on any atom is 0.410 e. The fourth-order valence-electron chi connectivity index (χ4n) is 1.22. The van der Waals surface area contributed by atoms with E-state index < -0.39 is 0 Å². The summed E-state index contributed by atoms with van der Waals surface area (Å²) in [6.45, 7) is 8.09. The molecule has 0 saturated carbocycles. The van der Waals surface area contributed by atoms with Crippen molar-refractivity contribution >= 4 is 6.09 Å². The Labute approximate surface area is 73.1 Å². The third-order valence-electron chi connectivity index (χ3n) is 2.11. The second-order valence-electron chi connectivity index (χ2n) is 2.82. The third-order valence-corrected chi connectivity index (χ3v) is 2.11. The van der Waals surface area contributed by atoms with Crippen molar-refractivity contribution in [2.75, 3.05) is 32.9 Å². The Balaban J connectivity index is 2.33. The van der Waals surface area contributed by atoms with Crippen molar-refractivity contribution in [3.63, 3.8) is 0 Å². The monoisotopic (exact) mass is 172 g/mol. The van der Waals surface area contributed by atoms with Gasteiger partial charge in [-0.2, -0.15) is 0 Å². The SMILES string of the molecule is CCN(CC)CN1CCOC1=O. The van der Waals surface area contributed by atoms with Crippen LogP contribution in [0.15, 0.2) is 0 Å². The minimum atomic E-state index is -0.179. The molecule has 0 bridgehead atoms. The third kappa shape index (κ3) is 2.11. The van der Waals surface area contributed by atoms with E-state index in [0.717, 1.165) is 19.6 Å². The van der Waals surface area contributed by atoms with Gasteiger partial charge in [-0.05, 0) is 13.1 Å². The highest BCUT2D eigenvalue weighted by Gasteiger charge is 2.22. The van der Waals surface area contributed by atoms with E-state index in [1.54, 1.807) is 4.90 Å². The molecular formula is C8H16N2O2. The van der Waals surface area contributed by atoms with Crippen LogP contribution in [0, 0.1) is 0 Å². The second-order valence-corrected chi connectivity index (χ2v) is 2.82. The number of hydrogen-bond donors (Lipinski definition) is 0. The van der Waals surface area contributed by atoms with Crippen LogP contribution in [-0.2, 0) is 4.74 Å². The molecular weight excluding hydrogens is 156 g/mol. The zero-order valence-electron chi connectivity index (χ0n) is 7.75. The number of carbonyl (C=O) groups excluding carboxylic acids is 1. The van der Waals surface area contributed by atoms with Crippen LogP contribution >= 0.6 is 0 Å². The molecule has 0 radical (unpaired) electrons. The molecule has 0 aromatic carbocycles. The number of carbonyl (C=O) groups is 1. The Kier molecular flexibility index (Phi) is 3.34. The molecule has 4 nitrogen and oxygen atoms in total. The van der Waals surface area contributed by atoms with E-state index in [4.69, 9.17) is 4.74 Å². The van der Waals surface area contributed by atoms with Gasteiger partial charge in [0.1, 0.15) is 6.61 Å². The van der Waals surface area contributed by atoms with E-state index >= 15 is 0 Å². The first kappa shape index (κ1) is 9.32. The van der Waals surface area contributed by atoms with E-state index in [2.05, 4.69) is 18.7 Å². The Morgan fingerprint density at radius 1 is 1.50 bits per heavy atom. The van der Waals surface area contributed by atoms with Crippen molar-refractivity contribution in [3.8, 4) is 0 Å². The zero-order chi connectivity index (χ0) is 8.97. The quantitative estimate of drug-likeness (QED) is 0.627. The maximum absolute atomic E-state index is 11.0. The molecule has 0 aromatic rings. The van der Waals surface area contributed by atoms with Gasteiger partial charge in [0.25, 0.3) is 0 Å². The number of ether oxygens (including phenoxy) is 1. The Morgan fingerprint density at radius 3 is 2.58 bits per heavy atom. The molecule has 12 heavy (non-hydrogen) atoms. The first-order valence-electron chi connectivity index (χ1n) is 4.42. The number of hydrogen-bond acceptors (Lipinski definition) is 3. The molecule has 0 unspecified atom stereocenters. The molecule has 1 aliphatic rings. The maximum atomic E-state index is 11.0. The van der Waals surface area contributed by atoms with E-state index in [9.17, 15) is 4.79 Å². The Hall–Kier alpha value is -0.770. The van der Waals surface area contributed by atoms with Gasteiger partial charge in [0, 0.05) is 0 Å². The van der Waals surface area contributed by atoms with Crippen LogP contribution in [-0.4, -0.2) is 48.8 Å². The van der Waals surface area contributed by atoms with Crippen LogP contribution < -0.4 is 0 Å². The van der Waals surface area contributed by atoms with Gasteiger partial charge in [-0.1, -0.05) is 13.8 Å². The van der Waals surface area contributed by atoms with Gasteiger partial charge in [-0.25, -0.2) is 4.79 Å². The summed E-state index contributed by atoms with van der Waals surface area (Å²) in [6, 6.07) is 0. The summed E-state index contributed by atoms with van der Waals surface area (Å²) in [4.78, 5) is 14.9. The lowest BCUT2D eigenvalue weighted by Gasteiger charge is -2.23. The van der Waals surface area contributed by atoms with E-state index in [-0.39, 0.29) is 6.09 Å². The Bertz CT molecular complexity index is 157. The summed E-state index contributed by atoms with van der Waals surface area (Å²) in [5, 5.41) is 0. The average molecular weight is 172 g/mol. The molecule has 0 N–H and O–H groups in total. The molecule has 4 heteroatoms. The van der Waals surface area contributed by atoms with Gasteiger partial charge in [0.05, 0.1) is 13.2 Å². The summed E-state index contributed by atoms with van der Waals surface area (Å²) >= 11 is 0. The first-order valence-corrected chi connectivity index (χ1v) is 4.42. The first-order chi connectivity index (χ1) is 5.77. The fourth-order valence-corrected chi connectivity index (χ4v) is 1.22. The van der Waals surface area contributed by atoms with Crippen LogP contribution in [0.4, 0.5) is 4.79 Å². The minimum absolute atomic E-state index is 0.179. The summed E-state index contributed by atoms with van der Waals surface area (Å²) in [5.41, 5.74) is 0. The lowest BCUT2D eigenvalue weighted by atomic mass is 10.5. The van der Waals surface area contributed by atoms with Gasteiger partial charge in [0.2, 0.25) is 0 Å². The molecule has 0 spiro atoms. The van der Waals surface area contributed by atoms with Crippen molar-refractivity contribution < 1.29 is 9.53 Å². The minimum Gasteiger partial charge on any atom is -0.447 e. The van der Waals surface area contributed by atoms with Crippen LogP contribution in [0.3, 0.4) is 0 Å². The summed E-state index contributed by atoms with van der Waals surface area (Å²) in [5.74, 6) is 0. The second kappa shape index (κ2) is 4.30. The van der Waals surface area contributed by atoms with Crippen LogP contribution in [0.25, 0.3) is 0 Å². The van der Waals surface area contributed by atoms with E-state index in [1.807, 2.05) is 0 Å². The molecule has 0 aromatic heterocycles. The predicted molar refractivity (Wildman–Crippen MR) is 45.8 cm³/mol. The molecule has 1 rings (SSSR count). The highest BCUT2D eigenvalue weighted by Crippen LogP contribution is 2.03. The lowest BCUT2D eigenvalue weighted by Crippen LogP contribution is -2.38. The zero-order valence-corrected chi connectivity index (χ0v) is 7.75. The van der Waals surface area contributed by atoms with Gasteiger partial charge in [-0.3, -0.25) is 9.80 Å². The smallest absolute Gasteiger partial charge is 0.410 e. The van der Waals surface area contributed by atoms with Gasteiger partial charge in [-0.15, -0.1) is 0 Å². The largest absolute Gasteiger partial charge is 0.447 e. The predicted octanol–water partition coefficient (Wildman–Crippen LogP) is 0.738. The van der Waals surface area contributed by atoms with Gasteiger partial charge < -0.3 is 4.74 Å².